The van der Waals surface area contributed by atoms with E-state index >= 15 is 0 Å². The number of phenolic OH excluding ortho intramolecular Hbond substituents is 1. The molecule has 7 nitrogen and oxygen atoms in total. The van der Waals surface area contributed by atoms with Gasteiger partial charge in [0.25, 0.3) is 0 Å². The Morgan fingerprint density at radius 2 is 2.07 bits per heavy atom. The van der Waals surface area contributed by atoms with Crippen molar-refractivity contribution >= 4 is 23.2 Å². The van der Waals surface area contributed by atoms with Crippen LogP contribution in [0.1, 0.15) is 29.0 Å². The number of phenols is 1. The maximum atomic E-state index is 12.3. The average molecular weight is 383 g/mol. The summed E-state index contributed by atoms with van der Waals surface area (Å²) in [4.78, 5) is 26.2. The SMILES string of the molecule is COc1ccc([C@@H]2CC(=O)Nc3cc(NC(=O)CN(C)C)c(C)cc32)cc1O. The van der Waals surface area contributed by atoms with Crippen LogP contribution in [0.15, 0.2) is 30.3 Å². The van der Waals surface area contributed by atoms with Gasteiger partial charge < -0.3 is 25.4 Å². The molecule has 0 unspecified atom stereocenters. The molecule has 28 heavy (non-hydrogen) atoms. The Morgan fingerprint density at radius 1 is 1.32 bits per heavy atom. The van der Waals surface area contributed by atoms with Gasteiger partial charge in [0.1, 0.15) is 0 Å². The van der Waals surface area contributed by atoms with Gasteiger partial charge in [0.2, 0.25) is 11.8 Å². The lowest BCUT2D eigenvalue weighted by Gasteiger charge is -2.28. The molecule has 7 heteroatoms. The van der Waals surface area contributed by atoms with Crippen LogP contribution in [0.25, 0.3) is 0 Å². The maximum absolute atomic E-state index is 12.3. The van der Waals surface area contributed by atoms with Crippen LogP contribution in [0.3, 0.4) is 0 Å². The highest BCUT2D eigenvalue weighted by Crippen LogP contribution is 2.41. The predicted octanol–water partition coefficient (Wildman–Crippen LogP) is 2.68. The average Bonchev–Trinajstić information content (AvgIpc) is 2.61. The molecule has 3 N–H and O–H groups in total. The van der Waals surface area contributed by atoms with Gasteiger partial charge in [0, 0.05) is 23.7 Å². The van der Waals surface area contributed by atoms with Gasteiger partial charge in [-0.2, -0.15) is 0 Å². The van der Waals surface area contributed by atoms with Crippen molar-refractivity contribution in [2.75, 3.05) is 38.4 Å². The summed E-state index contributed by atoms with van der Waals surface area (Å²) in [5.74, 6) is 0.0102. The largest absolute Gasteiger partial charge is 0.504 e. The van der Waals surface area contributed by atoms with Crippen molar-refractivity contribution < 1.29 is 19.4 Å². The molecule has 1 atom stereocenters. The normalized spacial score (nSPS) is 15.8. The van der Waals surface area contributed by atoms with Gasteiger partial charge >= 0.3 is 0 Å². The van der Waals surface area contributed by atoms with Crippen LogP contribution in [0.2, 0.25) is 0 Å². The topological polar surface area (TPSA) is 90.9 Å². The quantitative estimate of drug-likeness (QED) is 0.738. The molecule has 0 aliphatic carbocycles. The van der Waals surface area contributed by atoms with Crippen molar-refractivity contribution in [1.29, 1.82) is 0 Å². The Bertz CT molecular complexity index is 924. The second-order valence-corrected chi connectivity index (χ2v) is 7.28. The molecule has 0 aromatic heterocycles. The number of nitrogens with one attached hydrogen (secondary N) is 2. The lowest BCUT2D eigenvalue weighted by atomic mass is 9.83. The van der Waals surface area contributed by atoms with Gasteiger partial charge in [-0.05, 0) is 55.9 Å². The molecule has 0 spiro atoms. The highest BCUT2D eigenvalue weighted by atomic mass is 16.5. The maximum Gasteiger partial charge on any atom is 0.238 e. The summed E-state index contributed by atoms with van der Waals surface area (Å²) in [5, 5.41) is 15.9. The first-order valence-corrected chi connectivity index (χ1v) is 9.04. The van der Waals surface area contributed by atoms with Crippen LogP contribution in [-0.2, 0) is 9.59 Å². The third-order valence-corrected chi connectivity index (χ3v) is 4.77. The smallest absolute Gasteiger partial charge is 0.238 e. The molecule has 2 aromatic carbocycles. The van der Waals surface area contributed by atoms with E-state index in [4.69, 9.17) is 4.74 Å². The molecule has 1 aliphatic heterocycles. The summed E-state index contributed by atoms with van der Waals surface area (Å²) in [6.07, 6.45) is 0.282. The number of methoxy groups -OCH3 is 1. The third-order valence-electron chi connectivity index (χ3n) is 4.77. The zero-order valence-corrected chi connectivity index (χ0v) is 16.5. The zero-order valence-electron chi connectivity index (χ0n) is 16.5. The fourth-order valence-corrected chi connectivity index (χ4v) is 3.46. The molecule has 148 valence electrons. The van der Waals surface area contributed by atoms with Crippen molar-refractivity contribution in [3.63, 3.8) is 0 Å². The molecule has 0 bridgehead atoms. The molecule has 3 rings (SSSR count). The summed E-state index contributed by atoms with van der Waals surface area (Å²) in [5.41, 5.74) is 4.03. The number of ether oxygens (including phenoxy) is 1. The number of carbonyl (C=O) groups excluding carboxylic acids is 2. The van der Waals surface area contributed by atoms with Crippen molar-refractivity contribution in [1.82, 2.24) is 4.90 Å². The van der Waals surface area contributed by atoms with E-state index in [-0.39, 0.29) is 36.4 Å². The summed E-state index contributed by atoms with van der Waals surface area (Å²) in [7, 11) is 5.15. The predicted molar refractivity (Wildman–Crippen MR) is 108 cm³/mol. The number of rotatable bonds is 5. The highest BCUT2D eigenvalue weighted by Gasteiger charge is 2.28. The summed E-state index contributed by atoms with van der Waals surface area (Å²) >= 11 is 0. The van der Waals surface area contributed by atoms with E-state index in [1.165, 1.54) is 7.11 Å². The molecule has 0 fully saturated rings. The van der Waals surface area contributed by atoms with Gasteiger partial charge in [-0.1, -0.05) is 12.1 Å². The Labute approximate surface area is 164 Å². The fourth-order valence-electron chi connectivity index (χ4n) is 3.46. The second kappa shape index (κ2) is 7.90. The van der Waals surface area contributed by atoms with Crippen LogP contribution in [0.4, 0.5) is 11.4 Å². The lowest BCUT2D eigenvalue weighted by Crippen LogP contribution is -2.28. The van der Waals surface area contributed by atoms with E-state index in [2.05, 4.69) is 10.6 Å². The Morgan fingerprint density at radius 3 is 2.71 bits per heavy atom. The minimum absolute atomic E-state index is 0.0387. The number of carbonyl (C=O) groups is 2. The molecular weight excluding hydrogens is 358 g/mol. The van der Waals surface area contributed by atoms with E-state index < -0.39 is 0 Å². The second-order valence-electron chi connectivity index (χ2n) is 7.28. The molecule has 0 saturated heterocycles. The summed E-state index contributed by atoms with van der Waals surface area (Å²) < 4.78 is 5.10. The van der Waals surface area contributed by atoms with E-state index in [0.29, 0.717) is 17.1 Å². The molecule has 1 heterocycles. The number of likely N-dealkylation sites (N-methyl/N-ethyl adjacent to an activating group) is 1. The number of aryl methyl sites for hydroxylation is 1. The van der Waals surface area contributed by atoms with Crippen LogP contribution in [0, 0.1) is 6.92 Å². The number of hydrogen-bond donors (Lipinski definition) is 3. The van der Waals surface area contributed by atoms with Crippen LogP contribution >= 0.6 is 0 Å². The van der Waals surface area contributed by atoms with Gasteiger partial charge in [0.05, 0.1) is 13.7 Å². The first-order valence-electron chi connectivity index (χ1n) is 9.04. The van der Waals surface area contributed by atoms with Crippen molar-refractivity contribution in [3.8, 4) is 11.5 Å². The molecule has 2 amide bonds. The molecule has 2 aromatic rings. The Balaban J connectivity index is 1.96. The van der Waals surface area contributed by atoms with Crippen LogP contribution in [-0.4, -0.2) is 49.6 Å². The Kier molecular flexibility index (Phi) is 5.56. The number of anilines is 2. The van der Waals surface area contributed by atoms with Gasteiger partial charge in [-0.25, -0.2) is 0 Å². The number of nitrogens with zero attached hydrogens (tertiary/aromatic N) is 1. The summed E-state index contributed by atoms with van der Waals surface area (Å²) in [6, 6.07) is 8.96. The van der Waals surface area contributed by atoms with Crippen LogP contribution in [0.5, 0.6) is 11.5 Å². The first kappa shape index (κ1) is 19.7. The third kappa shape index (κ3) is 4.09. The Hall–Kier alpha value is -3.06. The minimum Gasteiger partial charge on any atom is -0.504 e. The van der Waals surface area contributed by atoms with E-state index in [0.717, 1.165) is 16.7 Å². The molecule has 1 aliphatic rings. The number of benzene rings is 2. The highest BCUT2D eigenvalue weighted by molar-refractivity contribution is 5.98. The van der Waals surface area contributed by atoms with E-state index in [1.807, 2.05) is 33.2 Å². The molecule has 0 saturated carbocycles. The monoisotopic (exact) mass is 383 g/mol. The van der Waals surface area contributed by atoms with Gasteiger partial charge in [-0.15, -0.1) is 0 Å². The van der Waals surface area contributed by atoms with E-state index in [1.54, 1.807) is 23.1 Å². The fraction of sp³-hybridized carbons (Fsp3) is 0.333. The van der Waals surface area contributed by atoms with Crippen LogP contribution < -0.4 is 15.4 Å². The summed E-state index contributed by atoms with van der Waals surface area (Å²) in [6.45, 7) is 2.20. The zero-order chi connectivity index (χ0) is 20.4. The number of amides is 2. The number of hydrogen-bond acceptors (Lipinski definition) is 5. The number of aromatic hydroxyl groups is 1. The van der Waals surface area contributed by atoms with Crippen molar-refractivity contribution in [2.45, 2.75) is 19.3 Å². The lowest BCUT2D eigenvalue weighted by molar-refractivity contribution is -0.117. The van der Waals surface area contributed by atoms with E-state index in [9.17, 15) is 14.7 Å². The molecule has 0 radical (unpaired) electrons. The number of fused-ring (bicyclic) bond motifs is 1. The standard InChI is InChI=1S/C21H25N3O4/c1-12-7-15-14(13-5-6-19(28-4)18(25)8-13)9-20(26)23-17(15)10-16(12)22-21(27)11-24(2)3/h5-8,10,14,25H,9,11H2,1-4H3,(H,22,27)(H,23,26)/t14-/m0/s1. The first-order chi connectivity index (χ1) is 13.3. The van der Waals surface area contributed by atoms with Crippen molar-refractivity contribution in [2.24, 2.45) is 0 Å². The molecular formula is C21H25N3O4. The van der Waals surface area contributed by atoms with Crippen molar-refractivity contribution in [3.05, 3.63) is 47.0 Å². The van der Waals surface area contributed by atoms with Gasteiger partial charge in [0.15, 0.2) is 11.5 Å². The minimum atomic E-state index is -0.189. The van der Waals surface area contributed by atoms with Gasteiger partial charge in [-0.3, -0.25) is 9.59 Å².